The zero-order valence-corrected chi connectivity index (χ0v) is 31.3. The molecule has 0 radical (unpaired) electrons. The molecule has 2 aromatic heterocycles. The Kier molecular flexibility index (Phi) is 7.35. The molecule has 8 rings (SSSR count). The van der Waals surface area contributed by atoms with Gasteiger partial charge in [-0.1, -0.05) is 54.0 Å². The number of aliphatic carboxylic acids is 1. The van der Waals surface area contributed by atoms with Crippen molar-refractivity contribution in [3.63, 3.8) is 0 Å². The molecule has 4 fully saturated rings. The summed E-state index contributed by atoms with van der Waals surface area (Å²) in [5, 5.41) is 18.6. The number of aromatic amines is 1. The molecule has 6 aliphatic rings. The number of aromatic nitrogens is 3. The van der Waals surface area contributed by atoms with E-state index in [0.717, 1.165) is 76.3 Å². The third kappa shape index (κ3) is 4.67. The highest BCUT2D eigenvalue weighted by molar-refractivity contribution is 5.75. The van der Waals surface area contributed by atoms with E-state index in [1.807, 2.05) is 0 Å². The zero-order chi connectivity index (χ0) is 34.9. The molecule has 0 bridgehead atoms. The lowest BCUT2D eigenvalue weighted by molar-refractivity contribution is -0.161. The second kappa shape index (κ2) is 10.8. The van der Waals surface area contributed by atoms with Gasteiger partial charge in [0.15, 0.2) is 0 Å². The Labute approximate surface area is 293 Å². The second-order valence-corrected chi connectivity index (χ2v) is 19.4. The quantitative estimate of drug-likeness (QED) is 0.312. The van der Waals surface area contributed by atoms with Crippen molar-refractivity contribution < 1.29 is 9.90 Å². The third-order valence-corrected chi connectivity index (χ3v) is 16.0. The Morgan fingerprint density at radius 1 is 0.980 bits per heavy atom. The topological polar surface area (TPSA) is 111 Å². The van der Waals surface area contributed by atoms with Gasteiger partial charge in [-0.15, -0.1) is 0 Å². The molecule has 49 heavy (non-hydrogen) atoms. The van der Waals surface area contributed by atoms with Gasteiger partial charge in [0.05, 0.1) is 11.6 Å². The van der Waals surface area contributed by atoms with Crippen LogP contribution in [0.3, 0.4) is 0 Å². The fraction of sp³-hybridized carbons (Fsp3) is 0.732. The van der Waals surface area contributed by atoms with Gasteiger partial charge in [0, 0.05) is 43.4 Å². The summed E-state index contributed by atoms with van der Waals surface area (Å²) in [6.07, 6.45) is 10.4. The average molecular weight is 669 g/mol. The van der Waals surface area contributed by atoms with Crippen LogP contribution >= 0.6 is 0 Å². The minimum atomic E-state index is -0.599. The highest BCUT2D eigenvalue weighted by Gasteiger charge is 2.68. The summed E-state index contributed by atoms with van der Waals surface area (Å²) in [4.78, 5) is 22.9. The Bertz CT molecular complexity index is 1680. The van der Waals surface area contributed by atoms with Gasteiger partial charge in [0.25, 0.3) is 0 Å². The van der Waals surface area contributed by atoms with Crippen molar-refractivity contribution in [1.82, 2.24) is 20.1 Å². The van der Waals surface area contributed by atoms with E-state index in [1.165, 1.54) is 35.2 Å². The minimum Gasteiger partial charge on any atom is -0.481 e. The monoisotopic (exact) mass is 668 g/mol. The zero-order valence-electron chi connectivity index (χ0n) is 31.3. The summed E-state index contributed by atoms with van der Waals surface area (Å²) in [6.45, 7) is 21.4. The standard InChI is InChI=1S/C41H60N6O2/c1-37(2)20-27-25(28(21-37)36(48)49)11-13-41(7)33(27)26(24-9-10-32(43-23-24)47-17-15-46(8)16-18-47)19-31-39(5)22-29-34(44-45-35(29)42)38(3,4)30(39)12-14-40(31,41)6/h9-10,23,25,27-28,30-31H,11-22H2,1-8H3,(H,48,49)(H3,42,44,45)/t25-,27?,28+,30?,31?,39-,40+,41+/m0/s1. The predicted octanol–water partition coefficient (Wildman–Crippen LogP) is 7.42. The number of allylic oxidation sites excluding steroid dienone is 2. The van der Waals surface area contributed by atoms with Crippen LogP contribution in [0.4, 0.5) is 11.6 Å². The van der Waals surface area contributed by atoms with Gasteiger partial charge >= 0.3 is 5.97 Å². The molecule has 8 nitrogen and oxygen atoms in total. The highest BCUT2D eigenvalue weighted by Crippen LogP contribution is 2.76. The SMILES string of the molecule is CN1CCN(c2ccc(C3=C4C5CC(C)(C)C[C@@H](C(=O)O)[C@H]5CC[C@@]4(C)[C@]4(C)CCC5C(C)(C)c6n[nH]c(N)c6C[C@]5(C)C4C3)cn2)CC1. The van der Waals surface area contributed by atoms with Gasteiger partial charge in [0.1, 0.15) is 11.6 Å². The molecule has 0 aromatic carbocycles. The number of likely N-dealkylation sites (N-methyl/N-ethyl adjacent to an activating group) is 1. The third-order valence-electron chi connectivity index (χ3n) is 16.0. The number of nitrogens with zero attached hydrogens (tertiary/aromatic N) is 4. The van der Waals surface area contributed by atoms with Crippen molar-refractivity contribution in [3.8, 4) is 0 Å². The average Bonchev–Trinajstić information content (AvgIpc) is 3.41. The fourth-order valence-electron chi connectivity index (χ4n) is 13.5. The molecule has 1 saturated heterocycles. The summed E-state index contributed by atoms with van der Waals surface area (Å²) >= 11 is 0. The first-order valence-electron chi connectivity index (χ1n) is 19.2. The molecule has 4 N–H and O–H groups in total. The van der Waals surface area contributed by atoms with E-state index in [-0.39, 0.29) is 44.8 Å². The predicted molar refractivity (Wildman–Crippen MR) is 196 cm³/mol. The summed E-state index contributed by atoms with van der Waals surface area (Å²) in [6, 6.07) is 4.62. The Morgan fingerprint density at radius 2 is 1.71 bits per heavy atom. The molecule has 0 spiro atoms. The number of nitrogens with two attached hydrogens (primary N) is 1. The van der Waals surface area contributed by atoms with Crippen molar-refractivity contribution in [2.75, 3.05) is 43.9 Å². The Hall–Kier alpha value is -2.87. The van der Waals surface area contributed by atoms with E-state index in [9.17, 15) is 9.90 Å². The molecule has 266 valence electrons. The number of H-pyrrole nitrogens is 1. The highest BCUT2D eigenvalue weighted by atomic mass is 16.4. The summed E-state index contributed by atoms with van der Waals surface area (Å²) < 4.78 is 0. The van der Waals surface area contributed by atoms with E-state index in [0.29, 0.717) is 11.8 Å². The van der Waals surface area contributed by atoms with Crippen molar-refractivity contribution in [2.24, 2.45) is 51.2 Å². The molecule has 3 saturated carbocycles. The molecule has 8 atom stereocenters. The van der Waals surface area contributed by atoms with Crippen molar-refractivity contribution in [3.05, 3.63) is 40.7 Å². The number of piperazine rings is 1. The van der Waals surface area contributed by atoms with Crippen LogP contribution in [-0.2, 0) is 16.6 Å². The molecular weight excluding hydrogens is 608 g/mol. The number of pyridine rings is 1. The van der Waals surface area contributed by atoms with E-state index >= 15 is 0 Å². The normalized spacial score (nSPS) is 39.7. The number of nitrogen functional groups attached to an aromatic ring is 1. The molecule has 8 heteroatoms. The van der Waals surface area contributed by atoms with Crippen LogP contribution in [-0.4, -0.2) is 64.4 Å². The van der Waals surface area contributed by atoms with Gasteiger partial charge in [-0.2, -0.15) is 5.10 Å². The van der Waals surface area contributed by atoms with Crippen LogP contribution in [0.15, 0.2) is 23.9 Å². The van der Waals surface area contributed by atoms with E-state index in [1.54, 1.807) is 5.57 Å². The van der Waals surface area contributed by atoms with E-state index in [2.05, 4.69) is 88.7 Å². The van der Waals surface area contributed by atoms with Crippen LogP contribution in [0.25, 0.3) is 5.57 Å². The molecule has 2 aromatic rings. The van der Waals surface area contributed by atoms with Crippen molar-refractivity contribution >= 4 is 23.2 Å². The Morgan fingerprint density at radius 3 is 2.39 bits per heavy atom. The minimum absolute atomic E-state index is 0.0197. The van der Waals surface area contributed by atoms with Crippen LogP contribution < -0.4 is 10.6 Å². The second-order valence-electron chi connectivity index (χ2n) is 19.4. The number of carbonyl (C=O) groups is 1. The van der Waals surface area contributed by atoms with Gasteiger partial charge in [-0.25, -0.2) is 4.98 Å². The number of nitrogens with one attached hydrogen (secondary N) is 1. The summed E-state index contributed by atoms with van der Waals surface area (Å²) in [5.74, 6) is 2.33. The van der Waals surface area contributed by atoms with Gasteiger partial charge < -0.3 is 20.6 Å². The van der Waals surface area contributed by atoms with Crippen LogP contribution in [0, 0.1) is 51.2 Å². The maximum Gasteiger partial charge on any atom is 0.306 e. The first-order valence-corrected chi connectivity index (χ1v) is 19.2. The van der Waals surface area contributed by atoms with E-state index < -0.39 is 5.97 Å². The maximum absolute atomic E-state index is 12.9. The number of carboxylic acid groups (broad SMARTS) is 1. The molecular formula is C41H60N6O2. The lowest BCUT2D eigenvalue weighted by Gasteiger charge is -2.70. The number of carboxylic acids is 1. The first kappa shape index (κ1) is 33.3. The molecule has 3 unspecified atom stereocenters. The lowest BCUT2D eigenvalue weighted by Crippen LogP contribution is -2.64. The largest absolute Gasteiger partial charge is 0.481 e. The maximum atomic E-state index is 12.9. The number of fused-ring (bicyclic) bond motifs is 8. The number of hydrogen-bond donors (Lipinski definition) is 3. The smallest absolute Gasteiger partial charge is 0.306 e. The number of rotatable bonds is 3. The summed E-state index contributed by atoms with van der Waals surface area (Å²) in [5.41, 5.74) is 13.4. The van der Waals surface area contributed by atoms with Gasteiger partial charge in [0.2, 0.25) is 0 Å². The molecule has 3 heterocycles. The first-order chi connectivity index (χ1) is 23.0. The molecule has 1 aliphatic heterocycles. The summed E-state index contributed by atoms with van der Waals surface area (Å²) in [7, 11) is 2.19. The van der Waals surface area contributed by atoms with Crippen LogP contribution in [0.2, 0.25) is 0 Å². The number of anilines is 2. The lowest BCUT2D eigenvalue weighted by atomic mass is 9.33. The van der Waals surface area contributed by atoms with Gasteiger partial charge in [-0.05, 0) is 127 Å². The van der Waals surface area contributed by atoms with Crippen molar-refractivity contribution in [2.45, 2.75) is 105 Å². The molecule has 5 aliphatic carbocycles. The van der Waals surface area contributed by atoms with Crippen LogP contribution in [0.1, 0.15) is 110 Å². The fourth-order valence-corrected chi connectivity index (χ4v) is 13.5. The van der Waals surface area contributed by atoms with Gasteiger partial charge in [-0.3, -0.25) is 9.89 Å². The van der Waals surface area contributed by atoms with Crippen LogP contribution in [0.5, 0.6) is 0 Å². The van der Waals surface area contributed by atoms with Crippen molar-refractivity contribution in [1.29, 1.82) is 0 Å². The Balaban J connectivity index is 1.30. The van der Waals surface area contributed by atoms with E-state index in [4.69, 9.17) is 15.8 Å². The number of hydrogen-bond acceptors (Lipinski definition) is 6. The molecule has 0 amide bonds.